The Morgan fingerprint density at radius 1 is 0.880 bits per heavy atom. The van der Waals surface area contributed by atoms with E-state index >= 15 is 0 Å². The van der Waals surface area contributed by atoms with E-state index in [1.807, 2.05) is 24.3 Å². The number of aliphatic hydroxyl groups is 1. The van der Waals surface area contributed by atoms with Crippen molar-refractivity contribution in [2.75, 3.05) is 12.3 Å². The number of hydrogen-bond acceptors (Lipinski definition) is 14. The lowest BCUT2D eigenvalue weighted by molar-refractivity contribution is -0.0421. The Morgan fingerprint density at radius 3 is 2.14 bits per heavy atom. The van der Waals surface area contributed by atoms with Gasteiger partial charge in [0.1, 0.15) is 30.1 Å². The summed E-state index contributed by atoms with van der Waals surface area (Å²) in [5, 5.41) is 11.1. The molecule has 7 N–H and O–H groups in total. The van der Waals surface area contributed by atoms with E-state index in [2.05, 4.69) is 44.9 Å². The Kier molecular flexibility index (Phi) is 10.1. The minimum absolute atomic E-state index is 0.0732. The van der Waals surface area contributed by atoms with Crippen LogP contribution in [0.2, 0.25) is 0 Å². The van der Waals surface area contributed by atoms with Crippen LogP contribution >= 0.6 is 23.5 Å². The van der Waals surface area contributed by atoms with Gasteiger partial charge in [-0.05, 0) is 36.4 Å². The molecule has 5 aromatic rings. The van der Waals surface area contributed by atoms with Crippen molar-refractivity contribution in [3.8, 4) is 34.6 Å². The van der Waals surface area contributed by atoms with Crippen LogP contribution in [-0.4, -0.2) is 73.0 Å². The maximum Gasteiger partial charge on any atom is 0.490 e. The number of anilines is 1. The van der Waals surface area contributed by atoms with Crippen molar-refractivity contribution in [3.05, 3.63) is 84.6 Å². The summed E-state index contributed by atoms with van der Waals surface area (Å²) in [7, 11) is -16.7. The maximum atomic E-state index is 12.2. The molecule has 2 unspecified atom stereocenters. The third kappa shape index (κ3) is 8.55. The lowest BCUT2D eigenvalue weighted by Gasteiger charge is -2.19. The summed E-state index contributed by atoms with van der Waals surface area (Å²) in [5.41, 5.74) is 9.91. The second-order valence-corrected chi connectivity index (χ2v) is 15.0. The Labute approximate surface area is 282 Å². The Morgan fingerprint density at radius 2 is 1.54 bits per heavy atom. The highest BCUT2D eigenvalue weighted by molar-refractivity contribution is 7.66. The van der Waals surface area contributed by atoms with E-state index in [1.54, 1.807) is 42.9 Å². The van der Waals surface area contributed by atoms with E-state index in [1.165, 1.54) is 10.9 Å². The number of phosphoric acid groups is 3. The van der Waals surface area contributed by atoms with Crippen LogP contribution in [0, 0.1) is 11.8 Å². The topological polar surface area (TPSA) is 285 Å². The molecule has 0 bridgehead atoms. The highest BCUT2D eigenvalue weighted by Gasteiger charge is 2.43. The molecule has 0 spiro atoms. The highest BCUT2D eigenvalue weighted by atomic mass is 31.3. The van der Waals surface area contributed by atoms with Gasteiger partial charge in [0.25, 0.3) is 0 Å². The fourth-order valence-electron chi connectivity index (χ4n) is 4.96. The summed E-state index contributed by atoms with van der Waals surface area (Å²) in [5.74, 6) is 6.35. The summed E-state index contributed by atoms with van der Waals surface area (Å²) < 4.78 is 54.1. The number of ether oxygens (including phenoxy) is 1. The summed E-state index contributed by atoms with van der Waals surface area (Å²) in [6, 6.07) is 14.5. The average molecular weight is 745 g/mol. The fourth-order valence-corrected chi connectivity index (χ4v) is 7.99. The molecule has 1 aliphatic rings. The number of aromatic nitrogens is 6. The van der Waals surface area contributed by atoms with Gasteiger partial charge in [-0.1, -0.05) is 24.0 Å². The van der Waals surface area contributed by atoms with Crippen molar-refractivity contribution < 1.29 is 56.3 Å². The van der Waals surface area contributed by atoms with Crippen molar-refractivity contribution in [2.24, 2.45) is 0 Å². The summed E-state index contributed by atoms with van der Waals surface area (Å²) >= 11 is 0. The first-order chi connectivity index (χ1) is 23.7. The Bertz CT molecular complexity index is 2190. The summed E-state index contributed by atoms with van der Waals surface area (Å²) in [6.07, 6.45) is 2.56. The molecule has 5 atom stereocenters. The number of nitrogens with two attached hydrogens (primary N) is 1. The second kappa shape index (κ2) is 14.2. The first-order valence-corrected chi connectivity index (χ1v) is 18.8. The molecule has 0 amide bonds. The van der Waals surface area contributed by atoms with Crippen molar-refractivity contribution in [1.29, 1.82) is 0 Å². The number of nitrogens with zero attached hydrogens (tertiary/aromatic N) is 6. The van der Waals surface area contributed by atoms with Crippen molar-refractivity contribution >= 4 is 40.3 Å². The molecule has 0 radical (unpaired) electrons. The van der Waals surface area contributed by atoms with Crippen LogP contribution in [0.1, 0.15) is 23.8 Å². The maximum absolute atomic E-state index is 12.2. The van der Waals surface area contributed by atoms with Gasteiger partial charge < -0.3 is 39.7 Å². The molecule has 0 saturated carbocycles. The predicted molar refractivity (Wildman–Crippen MR) is 173 cm³/mol. The van der Waals surface area contributed by atoms with E-state index in [0.717, 1.165) is 0 Å². The van der Waals surface area contributed by atoms with Crippen molar-refractivity contribution in [1.82, 2.24) is 29.5 Å². The quantitative estimate of drug-likeness (QED) is 0.0885. The Hall–Kier alpha value is -4.24. The molecule has 22 heteroatoms. The van der Waals surface area contributed by atoms with E-state index in [-0.39, 0.29) is 12.2 Å². The van der Waals surface area contributed by atoms with Gasteiger partial charge in [0.15, 0.2) is 0 Å². The zero-order valence-electron chi connectivity index (χ0n) is 25.3. The molecular formula is C28H26N7O12P3. The molecule has 1 saturated heterocycles. The standard InChI is InChI=1S/C28H26N7O12P3/c29-27-26-18(8-7-17-11-21(19-5-1-3-9-30-19)34-22(12-17)20-6-2-4-10-31-20)14-35(28(26)33-16-32-27)25-13-23(36)24(45-25)15-44-49(40,41)47-50(42,43)46-48(37,38)39/h1-6,9-12,14,16,23-25,36H,13,15H2,(H,40,41)(H,42,43)(H2,29,32,33)(H2,37,38,39)/t23-,24+,25+/m0/s1. The van der Waals surface area contributed by atoms with Gasteiger partial charge in [-0.25, -0.2) is 28.6 Å². The number of hydrogen-bond donors (Lipinski definition) is 6. The Balaban J connectivity index is 1.27. The molecule has 260 valence electrons. The zero-order valence-corrected chi connectivity index (χ0v) is 28.0. The van der Waals surface area contributed by atoms with Crippen LogP contribution in [0.25, 0.3) is 33.8 Å². The largest absolute Gasteiger partial charge is 0.490 e. The van der Waals surface area contributed by atoms with Gasteiger partial charge in [0.2, 0.25) is 0 Å². The number of phosphoric ester groups is 1. The fraction of sp³-hybridized carbons (Fsp3) is 0.179. The minimum Gasteiger partial charge on any atom is -0.390 e. The lowest BCUT2D eigenvalue weighted by atomic mass is 10.1. The van der Waals surface area contributed by atoms with E-state index in [0.29, 0.717) is 44.9 Å². The monoisotopic (exact) mass is 745 g/mol. The van der Waals surface area contributed by atoms with Crippen LogP contribution in [-0.2, 0) is 31.6 Å². The van der Waals surface area contributed by atoms with Gasteiger partial charge in [-0.3, -0.25) is 14.5 Å². The number of rotatable bonds is 10. The highest BCUT2D eigenvalue weighted by Crippen LogP contribution is 2.66. The third-order valence-corrected chi connectivity index (χ3v) is 10.8. The molecule has 0 aromatic carbocycles. The molecule has 0 aliphatic carbocycles. The first kappa shape index (κ1) is 35.6. The van der Waals surface area contributed by atoms with Crippen molar-refractivity contribution in [3.63, 3.8) is 0 Å². The summed E-state index contributed by atoms with van der Waals surface area (Å²) in [4.78, 5) is 58.5. The van der Waals surface area contributed by atoms with E-state index < -0.39 is 48.5 Å². The number of pyridine rings is 3. The number of fused-ring (bicyclic) bond motifs is 1. The lowest BCUT2D eigenvalue weighted by Crippen LogP contribution is -2.26. The van der Waals surface area contributed by atoms with Gasteiger partial charge in [-0.15, -0.1) is 0 Å². The van der Waals surface area contributed by atoms with Crippen LogP contribution in [0.4, 0.5) is 5.82 Å². The molecule has 1 fully saturated rings. The van der Waals surface area contributed by atoms with Gasteiger partial charge >= 0.3 is 23.5 Å². The minimum atomic E-state index is -5.73. The predicted octanol–water partition coefficient (Wildman–Crippen LogP) is 2.92. The first-order valence-electron chi connectivity index (χ1n) is 14.3. The SMILES string of the molecule is Nc1ncnc2c1c(C#Cc1cc(-c3ccccn3)nc(-c3ccccn3)c1)cn2[C@H]1C[C@H](O)[C@@H](COP(=O)(O)OP(=O)(O)OP(=O)(O)O)O1. The second-order valence-electron chi connectivity index (χ2n) is 10.5. The molecule has 6 heterocycles. The number of nitrogen functional groups attached to an aromatic ring is 1. The third-order valence-electron chi connectivity index (χ3n) is 6.99. The van der Waals surface area contributed by atoms with Crippen LogP contribution in [0.15, 0.2) is 73.4 Å². The molecule has 1 aliphatic heterocycles. The van der Waals surface area contributed by atoms with Crippen LogP contribution in [0.5, 0.6) is 0 Å². The van der Waals surface area contributed by atoms with Gasteiger partial charge in [0, 0.05) is 30.6 Å². The normalized spacial score (nSPS) is 20.1. The average Bonchev–Trinajstić information content (AvgIpc) is 3.62. The van der Waals surface area contributed by atoms with E-state index in [4.69, 9.17) is 25.2 Å². The van der Waals surface area contributed by atoms with Crippen molar-refractivity contribution in [2.45, 2.75) is 24.9 Å². The van der Waals surface area contributed by atoms with Crippen LogP contribution < -0.4 is 5.73 Å². The smallest absolute Gasteiger partial charge is 0.390 e. The summed E-state index contributed by atoms with van der Waals surface area (Å²) in [6.45, 7) is -0.844. The molecule has 19 nitrogen and oxygen atoms in total. The zero-order chi connectivity index (χ0) is 35.7. The van der Waals surface area contributed by atoms with Crippen LogP contribution in [0.3, 0.4) is 0 Å². The number of aliphatic hydroxyl groups excluding tert-OH is 1. The van der Waals surface area contributed by atoms with Gasteiger partial charge in [-0.2, -0.15) is 8.62 Å². The molecule has 50 heavy (non-hydrogen) atoms. The van der Waals surface area contributed by atoms with E-state index in [9.17, 15) is 28.6 Å². The molecule has 6 rings (SSSR count). The molecular weight excluding hydrogens is 719 g/mol. The molecule has 5 aromatic heterocycles. The van der Waals surface area contributed by atoms with Gasteiger partial charge in [0.05, 0.1) is 46.4 Å².